The second-order valence-electron chi connectivity index (χ2n) is 7.15. The lowest BCUT2D eigenvalue weighted by molar-refractivity contribution is 0.193. The van der Waals surface area contributed by atoms with Gasteiger partial charge in [0.05, 0.1) is 6.61 Å². The molecule has 0 aliphatic heterocycles. The van der Waals surface area contributed by atoms with Crippen LogP contribution in [-0.4, -0.2) is 6.61 Å². The van der Waals surface area contributed by atoms with Gasteiger partial charge >= 0.3 is 0 Å². The highest BCUT2D eigenvalue weighted by Gasteiger charge is 2.39. The quantitative estimate of drug-likeness (QED) is 0.819. The Balaban J connectivity index is 1.72. The van der Waals surface area contributed by atoms with E-state index in [1.807, 2.05) is 0 Å². The lowest BCUT2D eigenvalue weighted by atomic mass is 9.89. The first-order valence-electron chi connectivity index (χ1n) is 8.07. The highest BCUT2D eigenvalue weighted by Crippen LogP contribution is 2.48. The molecule has 0 heterocycles. The molecule has 110 valence electrons. The van der Waals surface area contributed by atoms with Gasteiger partial charge in [-0.1, -0.05) is 20.3 Å². The summed E-state index contributed by atoms with van der Waals surface area (Å²) >= 11 is 0. The van der Waals surface area contributed by atoms with E-state index in [1.54, 1.807) is 0 Å². The maximum absolute atomic E-state index is 6.22. The van der Waals surface area contributed by atoms with Gasteiger partial charge < -0.3 is 10.5 Å². The number of nitrogens with two attached hydrogens (primary N) is 1. The predicted octanol–water partition coefficient (Wildman–Crippen LogP) is 4.52. The molecule has 2 aliphatic rings. The maximum Gasteiger partial charge on any atom is 0.123 e. The van der Waals surface area contributed by atoms with Gasteiger partial charge in [-0.3, -0.25) is 0 Å². The van der Waals surface area contributed by atoms with Crippen LogP contribution in [0, 0.1) is 24.7 Å². The molecule has 1 aromatic rings. The van der Waals surface area contributed by atoms with E-state index < -0.39 is 0 Å². The first kappa shape index (κ1) is 13.8. The van der Waals surface area contributed by atoms with Gasteiger partial charge in [0.25, 0.3) is 0 Å². The maximum atomic E-state index is 6.22. The van der Waals surface area contributed by atoms with Crippen LogP contribution in [0.5, 0.6) is 5.75 Å². The van der Waals surface area contributed by atoms with E-state index in [4.69, 9.17) is 10.5 Å². The molecule has 2 nitrogen and oxygen atoms in total. The standard InChI is InChI=1S/C18H27NO/c1-11(2)16-9-17(19)12(3)6-18(16)20-10-15-8-13-4-5-14(15)7-13/h6,9,11,13-15H,4-5,7-8,10,19H2,1-3H3. The zero-order chi connectivity index (χ0) is 14.3. The van der Waals surface area contributed by atoms with Gasteiger partial charge in [-0.2, -0.15) is 0 Å². The third-order valence-corrected chi connectivity index (χ3v) is 5.36. The average Bonchev–Trinajstić information content (AvgIpc) is 3.01. The number of hydrogen-bond acceptors (Lipinski definition) is 2. The number of fused-ring (bicyclic) bond motifs is 2. The largest absolute Gasteiger partial charge is 0.493 e. The normalized spacial score (nSPS) is 28.3. The van der Waals surface area contributed by atoms with Crippen molar-refractivity contribution < 1.29 is 4.74 Å². The topological polar surface area (TPSA) is 35.2 Å². The zero-order valence-corrected chi connectivity index (χ0v) is 13.0. The molecule has 2 N–H and O–H groups in total. The molecular formula is C18H27NO. The van der Waals surface area contributed by atoms with Crippen molar-refractivity contribution in [3.05, 3.63) is 23.3 Å². The summed E-state index contributed by atoms with van der Waals surface area (Å²) in [4.78, 5) is 0. The number of anilines is 1. The van der Waals surface area contributed by atoms with Crippen molar-refractivity contribution in [3.63, 3.8) is 0 Å². The van der Waals surface area contributed by atoms with Crippen molar-refractivity contribution in [2.24, 2.45) is 17.8 Å². The molecule has 0 aromatic heterocycles. The Labute approximate surface area is 122 Å². The van der Waals surface area contributed by atoms with E-state index in [2.05, 4.69) is 32.9 Å². The van der Waals surface area contributed by atoms with Crippen molar-refractivity contribution in [2.75, 3.05) is 12.3 Å². The molecule has 3 atom stereocenters. The smallest absolute Gasteiger partial charge is 0.123 e. The van der Waals surface area contributed by atoms with E-state index in [9.17, 15) is 0 Å². The Morgan fingerprint density at radius 2 is 2.05 bits per heavy atom. The van der Waals surface area contributed by atoms with Crippen LogP contribution in [0.3, 0.4) is 0 Å². The number of benzene rings is 1. The SMILES string of the molecule is Cc1cc(OCC2CC3CCC2C3)c(C(C)C)cc1N. The van der Waals surface area contributed by atoms with E-state index >= 15 is 0 Å². The van der Waals surface area contributed by atoms with Crippen LogP contribution in [0.2, 0.25) is 0 Å². The Bertz CT molecular complexity index is 494. The third-order valence-electron chi connectivity index (χ3n) is 5.36. The van der Waals surface area contributed by atoms with Crippen LogP contribution in [0.1, 0.15) is 56.6 Å². The summed E-state index contributed by atoms with van der Waals surface area (Å²) in [5.74, 6) is 4.21. The van der Waals surface area contributed by atoms with Gasteiger partial charge in [0.15, 0.2) is 0 Å². The van der Waals surface area contributed by atoms with E-state index in [1.165, 1.54) is 31.2 Å². The van der Waals surface area contributed by atoms with Crippen LogP contribution < -0.4 is 10.5 Å². The number of nitrogen functional groups attached to an aromatic ring is 1. The monoisotopic (exact) mass is 273 g/mol. The first-order chi connectivity index (χ1) is 9.54. The van der Waals surface area contributed by atoms with Gasteiger partial charge in [-0.05, 0) is 73.1 Å². The molecule has 1 aromatic carbocycles. The Kier molecular flexibility index (Phi) is 3.66. The molecule has 0 radical (unpaired) electrons. The van der Waals surface area contributed by atoms with Gasteiger partial charge in [0.2, 0.25) is 0 Å². The molecule has 3 rings (SSSR count). The molecule has 0 amide bonds. The van der Waals surface area contributed by atoms with Gasteiger partial charge in [-0.25, -0.2) is 0 Å². The van der Waals surface area contributed by atoms with Crippen molar-refractivity contribution in [3.8, 4) is 5.75 Å². The lowest BCUT2D eigenvalue weighted by Gasteiger charge is -2.23. The van der Waals surface area contributed by atoms with Gasteiger partial charge in [0.1, 0.15) is 5.75 Å². The Morgan fingerprint density at radius 1 is 1.25 bits per heavy atom. The van der Waals surface area contributed by atoms with Crippen LogP contribution in [0.15, 0.2) is 12.1 Å². The number of hydrogen-bond donors (Lipinski definition) is 1. The van der Waals surface area contributed by atoms with Gasteiger partial charge in [-0.15, -0.1) is 0 Å². The molecule has 2 heteroatoms. The van der Waals surface area contributed by atoms with Crippen molar-refractivity contribution in [1.29, 1.82) is 0 Å². The molecule has 0 spiro atoms. The first-order valence-corrected chi connectivity index (χ1v) is 8.07. The van der Waals surface area contributed by atoms with Crippen molar-refractivity contribution in [1.82, 2.24) is 0 Å². The van der Waals surface area contributed by atoms with Crippen LogP contribution >= 0.6 is 0 Å². The zero-order valence-electron chi connectivity index (χ0n) is 13.0. The summed E-state index contributed by atoms with van der Waals surface area (Å²) in [6.45, 7) is 7.36. The Morgan fingerprint density at radius 3 is 2.65 bits per heavy atom. The second kappa shape index (κ2) is 5.31. The lowest BCUT2D eigenvalue weighted by Crippen LogP contribution is -2.19. The predicted molar refractivity (Wildman–Crippen MR) is 84.1 cm³/mol. The second-order valence-corrected chi connectivity index (χ2v) is 7.15. The molecule has 2 saturated carbocycles. The minimum Gasteiger partial charge on any atom is -0.493 e. The van der Waals surface area contributed by atoms with E-state index in [0.717, 1.165) is 41.4 Å². The number of ether oxygens (including phenoxy) is 1. The van der Waals surface area contributed by atoms with E-state index in [-0.39, 0.29) is 0 Å². The molecule has 0 saturated heterocycles. The highest BCUT2D eigenvalue weighted by molar-refractivity contribution is 5.55. The number of rotatable bonds is 4. The van der Waals surface area contributed by atoms with Crippen LogP contribution in [0.25, 0.3) is 0 Å². The third kappa shape index (κ3) is 2.53. The molecule has 2 aliphatic carbocycles. The van der Waals surface area contributed by atoms with Crippen molar-refractivity contribution >= 4 is 5.69 Å². The fourth-order valence-corrected chi connectivity index (χ4v) is 4.07. The fourth-order valence-electron chi connectivity index (χ4n) is 4.07. The fraction of sp³-hybridized carbons (Fsp3) is 0.667. The molecular weight excluding hydrogens is 246 g/mol. The number of aryl methyl sites for hydroxylation is 1. The summed E-state index contributed by atoms with van der Waals surface area (Å²) in [7, 11) is 0. The van der Waals surface area contributed by atoms with E-state index in [0.29, 0.717) is 5.92 Å². The Hall–Kier alpha value is -1.18. The highest BCUT2D eigenvalue weighted by atomic mass is 16.5. The van der Waals surface area contributed by atoms with Gasteiger partial charge in [0, 0.05) is 5.69 Å². The average molecular weight is 273 g/mol. The summed E-state index contributed by atoms with van der Waals surface area (Å²) in [6.07, 6.45) is 5.72. The molecule has 2 fully saturated rings. The van der Waals surface area contributed by atoms with Crippen LogP contribution in [0.4, 0.5) is 5.69 Å². The summed E-state index contributed by atoms with van der Waals surface area (Å²) in [5, 5.41) is 0. The molecule has 20 heavy (non-hydrogen) atoms. The minimum atomic E-state index is 0.452. The molecule has 3 unspecified atom stereocenters. The molecule has 2 bridgehead atoms. The minimum absolute atomic E-state index is 0.452. The summed E-state index contributed by atoms with van der Waals surface area (Å²) < 4.78 is 6.22. The van der Waals surface area contributed by atoms with Crippen LogP contribution in [-0.2, 0) is 0 Å². The van der Waals surface area contributed by atoms with Crippen molar-refractivity contribution in [2.45, 2.75) is 52.4 Å². The summed E-state index contributed by atoms with van der Waals surface area (Å²) in [6, 6.07) is 4.22. The summed E-state index contributed by atoms with van der Waals surface area (Å²) in [5.41, 5.74) is 9.28.